The van der Waals surface area contributed by atoms with Crippen LogP contribution in [0.1, 0.15) is 31.0 Å². The molecule has 4 rings (SSSR count). The Bertz CT molecular complexity index is 1280. The van der Waals surface area contributed by atoms with Gasteiger partial charge in [0.15, 0.2) is 0 Å². The number of fused-ring (bicyclic) bond motifs is 1. The highest BCUT2D eigenvalue weighted by atomic mass is 19.4. The largest absolute Gasteiger partial charge is 0.406 e. The van der Waals surface area contributed by atoms with E-state index in [1.165, 1.54) is 11.1 Å². The standard InChI is InChI=1S/C28H32F3N5O5/c1-26(23(32)38,10-14-41-17-20-7-3-2-4-8-20)16-22(37)34-12-13-36-25(40)35(19-28(29,30)31)24(39)27(36,18-34)15-21-9-5-6-11-33-21/h2-9,11H,10,12-19H2,1H3,(H2,32,38)/t26-,27+/m1/s1. The molecule has 10 nitrogen and oxygen atoms in total. The number of nitrogens with two attached hydrogens (primary N) is 1. The molecule has 2 atom stereocenters. The number of primary amides is 1. The first-order chi connectivity index (χ1) is 19.3. The molecule has 0 spiro atoms. The van der Waals surface area contributed by atoms with Crippen molar-refractivity contribution < 1.29 is 37.1 Å². The molecule has 1 aromatic carbocycles. The molecule has 2 aliphatic heterocycles. The van der Waals surface area contributed by atoms with Crippen molar-refractivity contribution in [3.63, 3.8) is 0 Å². The van der Waals surface area contributed by atoms with E-state index in [-0.39, 0.29) is 50.4 Å². The van der Waals surface area contributed by atoms with Crippen LogP contribution in [-0.2, 0) is 32.1 Å². The van der Waals surface area contributed by atoms with Gasteiger partial charge in [-0.25, -0.2) is 4.79 Å². The van der Waals surface area contributed by atoms with Crippen LogP contribution in [0.4, 0.5) is 18.0 Å². The molecule has 220 valence electrons. The number of carbonyl (C=O) groups is 4. The number of alkyl halides is 3. The van der Waals surface area contributed by atoms with E-state index in [2.05, 4.69) is 4.98 Å². The molecule has 41 heavy (non-hydrogen) atoms. The molecule has 5 amide bonds. The van der Waals surface area contributed by atoms with Crippen LogP contribution in [0.15, 0.2) is 54.7 Å². The van der Waals surface area contributed by atoms with Crippen LogP contribution in [0, 0.1) is 5.41 Å². The summed E-state index contributed by atoms with van der Waals surface area (Å²) in [4.78, 5) is 59.2. The maximum atomic E-state index is 13.5. The van der Waals surface area contributed by atoms with E-state index in [1.54, 1.807) is 25.1 Å². The average Bonchev–Trinajstić information content (AvgIpc) is 3.12. The molecule has 13 heteroatoms. The summed E-state index contributed by atoms with van der Waals surface area (Å²) in [7, 11) is 0. The summed E-state index contributed by atoms with van der Waals surface area (Å²) in [6.07, 6.45) is -3.67. The molecular formula is C28H32F3N5O5. The number of halogens is 3. The van der Waals surface area contributed by atoms with E-state index < -0.39 is 47.4 Å². The van der Waals surface area contributed by atoms with Crippen LogP contribution >= 0.6 is 0 Å². The SMILES string of the molecule is C[C@@](CCOCc1ccccc1)(CC(=O)N1CCN2C(=O)N(CC(F)(F)F)C(=O)[C@]2(Cc2ccccn2)C1)C(N)=O. The molecule has 2 fully saturated rings. The van der Waals surface area contributed by atoms with Gasteiger partial charge in [-0.2, -0.15) is 13.2 Å². The quantitative estimate of drug-likeness (QED) is 0.324. The van der Waals surface area contributed by atoms with E-state index >= 15 is 0 Å². The summed E-state index contributed by atoms with van der Waals surface area (Å²) in [5.41, 5.74) is 3.94. The van der Waals surface area contributed by atoms with E-state index in [0.29, 0.717) is 12.3 Å². The van der Waals surface area contributed by atoms with Crippen molar-refractivity contribution in [1.29, 1.82) is 0 Å². The smallest absolute Gasteiger partial charge is 0.377 e. The lowest BCUT2D eigenvalue weighted by atomic mass is 9.81. The summed E-state index contributed by atoms with van der Waals surface area (Å²) in [5, 5.41) is 0. The normalized spacial score (nSPS) is 20.6. The van der Waals surface area contributed by atoms with Crippen molar-refractivity contribution in [2.45, 2.75) is 44.5 Å². The highest BCUT2D eigenvalue weighted by Gasteiger charge is 2.61. The van der Waals surface area contributed by atoms with Crippen LogP contribution in [0.5, 0.6) is 0 Å². The van der Waals surface area contributed by atoms with Crippen LogP contribution in [-0.4, -0.2) is 87.9 Å². The van der Waals surface area contributed by atoms with Crippen molar-refractivity contribution in [2.24, 2.45) is 11.1 Å². The lowest BCUT2D eigenvalue weighted by Gasteiger charge is -2.45. The minimum Gasteiger partial charge on any atom is -0.377 e. The third-order valence-electron chi connectivity index (χ3n) is 7.60. The maximum absolute atomic E-state index is 13.5. The number of pyridine rings is 1. The number of nitrogens with zero attached hydrogens (tertiary/aromatic N) is 4. The number of hydrogen-bond acceptors (Lipinski definition) is 6. The van der Waals surface area contributed by atoms with Crippen molar-refractivity contribution in [2.75, 3.05) is 32.8 Å². The molecular weight excluding hydrogens is 543 g/mol. The van der Waals surface area contributed by atoms with Crippen molar-refractivity contribution in [3.05, 3.63) is 66.0 Å². The van der Waals surface area contributed by atoms with Gasteiger partial charge in [0, 0.05) is 44.4 Å². The molecule has 0 bridgehead atoms. The molecule has 2 N–H and O–H groups in total. The van der Waals surface area contributed by atoms with Gasteiger partial charge in [0.05, 0.1) is 18.6 Å². The Labute approximate surface area is 235 Å². The Morgan fingerprint density at radius 2 is 1.78 bits per heavy atom. The van der Waals surface area contributed by atoms with Crippen LogP contribution < -0.4 is 5.73 Å². The zero-order chi connectivity index (χ0) is 29.8. The fourth-order valence-corrected chi connectivity index (χ4v) is 5.23. The van der Waals surface area contributed by atoms with Gasteiger partial charge in [-0.1, -0.05) is 43.3 Å². The van der Waals surface area contributed by atoms with Crippen molar-refractivity contribution in [3.8, 4) is 0 Å². The lowest BCUT2D eigenvalue weighted by molar-refractivity contribution is -0.157. The molecule has 1 aromatic heterocycles. The van der Waals surface area contributed by atoms with Gasteiger partial charge in [-0.15, -0.1) is 0 Å². The van der Waals surface area contributed by atoms with Crippen LogP contribution in [0.2, 0.25) is 0 Å². The molecule has 2 aliphatic rings. The second-order valence-corrected chi connectivity index (χ2v) is 10.7. The fraction of sp³-hybridized carbons (Fsp3) is 0.464. The third kappa shape index (κ3) is 6.67. The van der Waals surface area contributed by atoms with Gasteiger partial charge < -0.3 is 20.3 Å². The monoisotopic (exact) mass is 575 g/mol. The summed E-state index contributed by atoms with van der Waals surface area (Å²) in [6.45, 7) is -0.257. The minimum atomic E-state index is -4.80. The first kappa shape index (κ1) is 30.0. The highest BCUT2D eigenvalue weighted by Crippen LogP contribution is 2.37. The maximum Gasteiger partial charge on any atom is 0.406 e. The number of carbonyl (C=O) groups excluding carboxylic acids is 4. The number of piperazine rings is 1. The van der Waals surface area contributed by atoms with Gasteiger partial charge in [0.25, 0.3) is 5.91 Å². The van der Waals surface area contributed by atoms with E-state index in [9.17, 15) is 32.3 Å². The van der Waals surface area contributed by atoms with E-state index in [4.69, 9.17) is 10.5 Å². The number of urea groups is 1. The zero-order valence-corrected chi connectivity index (χ0v) is 22.6. The Morgan fingerprint density at radius 1 is 1.07 bits per heavy atom. The van der Waals surface area contributed by atoms with Gasteiger partial charge in [0.1, 0.15) is 12.1 Å². The molecule has 0 unspecified atom stereocenters. The number of amides is 5. The van der Waals surface area contributed by atoms with Gasteiger partial charge in [-0.05, 0) is 24.1 Å². The highest BCUT2D eigenvalue weighted by molar-refractivity contribution is 6.08. The molecule has 2 saturated heterocycles. The van der Waals surface area contributed by atoms with Gasteiger partial charge in [-0.3, -0.25) is 24.3 Å². The Kier molecular flexibility index (Phi) is 8.66. The fourth-order valence-electron chi connectivity index (χ4n) is 5.23. The van der Waals surface area contributed by atoms with E-state index in [0.717, 1.165) is 10.5 Å². The summed E-state index contributed by atoms with van der Waals surface area (Å²) < 4.78 is 45.5. The molecule has 2 aromatic rings. The number of ether oxygens (including phenoxy) is 1. The van der Waals surface area contributed by atoms with E-state index in [1.807, 2.05) is 30.3 Å². The minimum absolute atomic E-state index is 0.0268. The van der Waals surface area contributed by atoms with Gasteiger partial charge in [0.2, 0.25) is 11.8 Å². The first-order valence-electron chi connectivity index (χ1n) is 13.1. The summed E-state index contributed by atoms with van der Waals surface area (Å²) in [5.74, 6) is -2.27. The topological polar surface area (TPSA) is 126 Å². The predicted octanol–water partition coefficient (Wildman–Crippen LogP) is 2.52. The van der Waals surface area contributed by atoms with Gasteiger partial charge >= 0.3 is 12.2 Å². The number of rotatable bonds is 11. The molecule has 0 saturated carbocycles. The zero-order valence-electron chi connectivity index (χ0n) is 22.6. The second-order valence-electron chi connectivity index (χ2n) is 10.7. The number of benzene rings is 1. The lowest BCUT2D eigenvalue weighted by Crippen LogP contribution is -2.65. The number of aromatic nitrogens is 1. The Morgan fingerprint density at radius 3 is 2.41 bits per heavy atom. The Hall–Kier alpha value is -4.00. The number of hydrogen-bond donors (Lipinski definition) is 1. The first-order valence-corrected chi connectivity index (χ1v) is 13.1. The van der Waals surface area contributed by atoms with Crippen molar-refractivity contribution in [1.82, 2.24) is 19.7 Å². The molecule has 0 aliphatic carbocycles. The summed E-state index contributed by atoms with van der Waals surface area (Å²) >= 11 is 0. The number of imide groups is 1. The molecule has 3 heterocycles. The average molecular weight is 576 g/mol. The van der Waals surface area contributed by atoms with Crippen LogP contribution in [0.25, 0.3) is 0 Å². The summed E-state index contributed by atoms with van der Waals surface area (Å²) in [6, 6.07) is 13.2. The Balaban J connectivity index is 1.51. The predicted molar refractivity (Wildman–Crippen MR) is 140 cm³/mol. The molecule has 0 radical (unpaired) electrons. The third-order valence-corrected chi connectivity index (χ3v) is 7.60. The van der Waals surface area contributed by atoms with Crippen molar-refractivity contribution >= 4 is 23.8 Å². The van der Waals surface area contributed by atoms with Crippen LogP contribution in [0.3, 0.4) is 0 Å². The second kappa shape index (κ2) is 11.9.